The van der Waals surface area contributed by atoms with Gasteiger partial charge in [-0.2, -0.15) is 5.10 Å². The maximum Gasteiger partial charge on any atom is 0.419 e. The summed E-state index contributed by atoms with van der Waals surface area (Å²) in [7, 11) is 1.60. The van der Waals surface area contributed by atoms with Crippen molar-refractivity contribution >= 4 is 28.6 Å². The lowest BCUT2D eigenvalue weighted by Gasteiger charge is -3.11. The van der Waals surface area contributed by atoms with Crippen molar-refractivity contribution in [3.05, 3.63) is 69.6 Å². The van der Waals surface area contributed by atoms with Gasteiger partial charge >= 0.3 is 5.76 Å². The number of fused-ring (bicyclic) bond motifs is 2. The van der Waals surface area contributed by atoms with E-state index in [0.29, 0.717) is 53.2 Å². The van der Waals surface area contributed by atoms with Crippen LogP contribution in [-0.2, 0) is 19.0 Å². The Bertz CT molecular complexity index is 2060. The molecular weight excluding hydrogens is 547 g/mol. The quantitative estimate of drug-likeness (QED) is 0.247. The van der Waals surface area contributed by atoms with Gasteiger partial charge in [-0.15, -0.1) is 5.10 Å². The standard InChI is InChI=1S/C27H21FN10O4/c1-37-12-4-9(2-3-14(12)42-25(37)41)6-29-22(39)11-5-13(38-21(32-11)10(28)7-31-38)23(40)30-8-26-15-18-16(26)20-17(26)19(15)27(18,20)24-33-35-36-34-24/h2-5,7,15-20H,6,8H2,1H3,(H,29,39)(H,30,40)(H,33,34,35,36). The van der Waals surface area contributed by atoms with Gasteiger partial charge in [-0.3, -0.25) is 14.2 Å². The topological polar surface area (TPSA) is 178 Å². The molecule has 0 spiro atoms. The molecule has 14 nitrogen and oxygen atoms in total. The average Bonchev–Trinajstić information content (AvgIpc) is 3.74. The number of tetrazole rings is 1. The molecule has 0 aliphatic heterocycles. The Morgan fingerprint density at radius 2 is 1.88 bits per heavy atom. The molecule has 210 valence electrons. The molecule has 11 rings (SSSR count). The molecule has 0 unspecified atom stereocenters. The maximum absolute atomic E-state index is 14.6. The lowest BCUT2D eigenvalue weighted by Crippen LogP contribution is -3.12. The minimum atomic E-state index is -0.738. The van der Waals surface area contributed by atoms with Gasteiger partial charge < -0.3 is 15.1 Å². The number of aryl methyl sites for hydroxylation is 1. The van der Waals surface area contributed by atoms with Crippen LogP contribution in [0.4, 0.5) is 4.39 Å². The number of oxazole rings is 1. The van der Waals surface area contributed by atoms with E-state index in [4.69, 9.17) is 4.42 Å². The van der Waals surface area contributed by atoms with Crippen molar-refractivity contribution in [3.63, 3.8) is 0 Å². The fraction of sp³-hybridized carbons (Fsp3) is 0.407. The zero-order valence-corrected chi connectivity index (χ0v) is 21.9. The van der Waals surface area contributed by atoms with Crippen LogP contribution in [0, 0.1) is 46.7 Å². The molecule has 0 bridgehead atoms. The number of hydrogen-bond donors (Lipinski definition) is 3. The molecule has 42 heavy (non-hydrogen) atoms. The van der Waals surface area contributed by atoms with Crippen LogP contribution in [0.2, 0.25) is 0 Å². The van der Waals surface area contributed by atoms with Gasteiger partial charge in [0.05, 0.1) is 11.7 Å². The summed E-state index contributed by atoms with van der Waals surface area (Å²) >= 11 is 0. The Balaban J connectivity index is 0.874. The Kier molecular flexibility index (Phi) is 3.74. The monoisotopic (exact) mass is 568 g/mol. The molecule has 15 heteroatoms. The van der Waals surface area contributed by atoms with E-state index in [-0.39, 0.29) is 34.4 Å². The van der Waals surface area contributed by atoms with Gasteiger partial charge in [-0.25, -0.2) is 23.8 Å². The molecule has 1 aromatic carbocycles. The highest BCUT2D eigenvalue weighted by Crippen LogP contribution is 3.09. The molecular formula is C27H21FN10O4. The van der Waals surface area contributed by atoms with Crippen LogP contribution in [0.25, 0.3) is 16.7 Å². The second-order valence-corrected chi connectivity index (χ2v) is 12.3. The highest BCUT2D eigenvalue weighted by molar-refractivity contribution is 5.98. The third-order valence-electron chi connectivity index (χ3n) is 11.4. The van der Waals surface area contributed by atoms with E-state index in [0.717, 1.165) is 22.1 Å². The van der Waals surface area contributed by atoms with Gasteiger partial charge in [0.25, 0.3) is 11.8 Å². The third-order valence-corrected chi connectivity index (χ3v) is 11.4. The molecule has 0 saturated heterocycles. The lowest BCUT2D eigenvalue weighted by molar-refractivity contribution is -0.627. The number of carbonyl (C=O) groups is 2. The number of aromatic amines is 1. The first kappa shape index (κ1) is 22.7. The second-order valence-electron chi connectivity index (χ2n) is 12.3. The number of nitrogens with one attached hydrogen (secondary N) is 3. The summed E-state index contributed by atoms with van der Waals surface area (Å²) in [5, 5.41) is 24.6. The van der Waals surface area contributed by atoms with Crippen LogP contribution < -0.4 is 16.4 Å². The van der Waals surface area contributed by atoms with Crippen LogP contribution in [-0.4, -0.2) is 58.1 Å². The average molecular weight is 569 g/mol. The fourth-order valence-electron chi connectivity index (χ4n) is 10.0. The van der Waals surface area contributed by atoms with Gasteiger partial charge in [-0.1, -0.05) is 6.07 Å². The van der Waals surface area contributed by atoms with Crippen molar-refractivity contribution in [3.8, 4) is 0 Å². The Hall–Kier alpha value is -4.95. The van der Waals surface area contributed by atoms with Gasteiger partial charge in [0.1, 0.15) is 11.4 Å². The SMILES string of the molecule is Cn1c(=O)oc2ccc(CNC(=O)c3cc(C(=O)NCC45C6C7C4C4C5C6C74c4nnn[nH]4)n4ncc(F)c4n3)cc21. The number of carbonyl (C=O) groups excluding carboxylic acids is 2. The number of benzene rings is 1. The zero-order valence-electron chi connectivity index (χ0n) is 21.9. The van der Waals surface area contributed by atoms with Crippen molar-refractivity contribution in [2.45, 2.75) is 12.0 Å². The summed E-state index contributed by atoms with van der Waals surface area (Å²) in [6.07, 6.45) is 0.974. The number of rotatable bonds is 7. The molecule has 2 amide bonds. The summed E-state index contributed by atoms with van der Waals surface area (Å²) in [5.74, 6) is 2.18. The van der Waals surface area contributed by atoms with Crippen LogP contribution in [0.15, 0.2) is 39.7 Å². The van der Waals surface area contributed by atoms with E-state index in [9.17, 15) is 18.8 Å². The predicted molar refractivity (Wildman–Crippen MR) is 137 cm³/mol. The van der Waals surface area contributed by atoms with Gasteiger partial charge in [0.2, 0.25) is 0 Å². The molecule has 0 atom stereocenters. The number of H-pyrrole nitrogens is 1. The van der Waals surface area contributed by atoms with Crippen molar-refractivity contribution in [1.82, 2.24) is 50.4 Å². The van der Waals surface area contributed by atoms with Crippen molar-refractivity contribution in [1.29, 1.82) is 0 Å². The molecule has 6 aliphatic carbocycles. The van der Waals surface area contributed by atoms with E-state index in [2.05, 4.69) is 41.3 Å². The summed E-state index contributed by atoms with van der Waals surface area (Å²) < 4.78 is 22.2. The molecule has 3 N–H and O–H groups in total. The molecule has 4 heterocycles. The highest BCUT2D eigenvalue weighted by atomic mass is 19.1. The smallest absolute Gasteiger partial charge is 0.408 e. The first-order valence-electron chi connectivity index (χ1n) is 13.8. The molecule has 4 aromatic heterocycles. The van der Waals surface area contributed by atoms with Gasteiger partial charge in [0.15, 0.2) is 22.9 Å². The highest BCUT2D eigenvalue weighted by Gasteiger charge is 3.10. The normalized spacial score (nSPS) is 33.7. The van der Waals surface area contributed by atoms with E-state index in [1.165, 1.54) is 10.6 Å². The summed E-state index contributed by atoms with van der Waals surface area (Å²) in [6, 6.07) is 6.45. The maximum atomic E-state index is 14.6. The number of halogens is 1. The summed E-state index contributed by atoms with van der Waals surface area (Å²) in [4.78, 5) is 42.5. The Morgan fingerprint density at radius 1 is 1.10 bits per heavy atom. The van der Waals surface area contributed by atoms with Gasteiger partial charge in [0, 0.05) is 31.6 Å². The largest absolute Gasteiger partial charge is 0.419 e. The molecule has 5 aromatic rings. The molecule has 6 fully saturated rings. The van der Waals surface area contributed by atoms with E-state index >= 15 is 0 Å². The predicted octanol–water partition coefficient (Wildman–Crippen LogP) is 0.176. The zero-order chi connectivity index (χ0) is 28.3. The van der Waals surface area contributed by atoms with Crippen molar-refractivity contribution in [2.75, 3.05) is 6.54 Å². The third kappa shape index (κ3) is 2.16. The van der Waals surface area contributed by atoms with E-state index in [1.807, 2.05) is 0 Å². The first-order chi connectivity index (χ1) is 20.4. The van der Waals surface area contributed by atoms with Crippen LogP contribution in [0.1, 0.15) is 32.4 Å². The van der Waals surface area contributed by atoms with E-state index in [1.54, 1.807) is 25.2 Å². The van der Waals surface area contributed by atoms with Crippen LogP contribution in [0.5, 0.6) is 0 Å². The molecule has 6 saturated carbocycles. The van der Waals surface area contributed by atoms with Crippen LogP contribution in [0.3, 0.4) is 0 Å². The minimum Gasteiger partial charge on any atom is -0.408 e. The summed E-state index contributed by atoms with van der Waals surface area (Å²) in [5.41, 5.74) is 1.74. The number of nitrogens with zero attached hydrogens (tertiary/aromatic N) is 7. The fourth-order valence-corrected chi connectivity index (χ4v) is 10.0. The van der Waals surface area contributed by atoms with E-state index < -0.39 is 23.4 Å². The summed E-state index contributed by atoms with van der Waals surface area (Å²) in [6.45, 7) is 0.653. The second kappa shape index (κ2) is 6.91. The first-order valence-corrected chi connectivity index (χ1v) is 13.8. The minimum absolute atomic E-state index is 0.0324. The van der Waals surface area contributed by atoms with Crippen LogP contribution >= 0.6 is 0 Å². The molecule has 0 radical (unpaired) electrons. The van der Waals surface area contributed by atoms with Crippen molar-refractivity contribution < 1.29 is 18.4 Å². The Labute approximate surface area is 233 Å². The lowest BCUT2D eigenvalue weighted by atomic mass is 8.92. The van der Waals surface area contributed by atoms with Gasteiger partial charge in [-0.05, 0) is 69.0 Å². The number of aromatic nitrogens is 8. The van der Waals surface area contributed by atoms with Crippen molar-refractivity contribution in [2.24, 2.45) is 48.0 Å². The number of amides is 2. The Morgan fingerprint density at radius 3 is 2.62 bits per heavy atom. The molecule has 6 aliphatic rings. The number of hydrogen-bond acceptors (Lipinski definition) is 9.